The number of pyridine rings is 1. The molecule has 0 spiro atoms. The van der Waals surface area contributed by atoms with Crippen molar-refractivity contribution in [3.05, 3.63) is 68.6 Å². The molecule has 30 heavy (non-hydrogen) atoms. The number of aromatic nitrogens is 1. The maximum absolute atomic E-state index is 12.7. The minimum atomic E-state index is -3.10. The predicted molar refractivity (Wildman–Crippen MR) is 114 cm³/mol. The molecule has 0 atom stereocenters. The van der Waals surface area contributed by atoms with Gasteiger partial charge in [0.1, 0.15) is 21.1 Å². The number of fused-ring (bicyclic) bond motifs is 1. The fraction of sp³-hybridized carbons (Fsp3) is 0.350. The van der Waals surface area contributed by atoms with Gasteiger partial charge in [0.15, 0.2) is 0 Å². The molecule has 2 amide bonds. The third-order valence-electron chi connectivity index (χ3n) is 4.83. The fourth-order valence-corrected chi connectivity index (χ4v) is 4.03. The Morgan fingerprint density at radius 3 is 2.47 bits per heavy atom. The number of rotatable bonds is 7. The molecule has 1 aromatic carbocycles. The van der Waals surface area contributed by atoms with Crippen molar-refractivity contribution in [2.75, 3.05) is 25.1 Å². The molecule has 0 saturated heterocycles. The molecular weight excluding hydrogens is 430 g/mol. The van der Waals surface area contributed by atoms with Crippen LogP contribution in [0.3, 0.4) is 0 Å². The molecule has 1 N–H and O–H groups in total. The summed E-state index contributed by atoms with van der Waals surface area (Å²) in [6, 6.07) is 9.79. The largest absolute Gasteiger partial charge is 0.348 e. The van der Waals surface area contributed by atoms with Crippen molar-refractivity contribution in [2.24, 2.45) is 0 Å². The van der Waals surface area contributed by atoms with Crippen molar-refractivity contribution in [3.8, 4) is 0 Å². The molecule has 8 nitrogen and oxygen atoms in total. The van der Waals surface area contributed by atoms with E-state index in [1.165, 1.54) is 21.6 Å². The number of halogens is 1. The van der Waals surface area contributed by atoms with E-state index in [1.807, 2.05) is 0 Å². The molecule has 160 valence electrons. The van der Waals surface area contributed by atoms with Crippen molar-refractivity contribution >= 4 is 33.3 Å². The lowest BCUT2D eigenvalue weighted by atomic mass is 10.1. The highest BCUT2D eigenvalue weighted by atomic mass is 35.5. The first-order chi connectivity index (χ1) is 14.2. The van der Waals surface area contributed by atoms with Gasteiger partial charge in [-0.3, -0.25) is 14.4 Å². The van der Waals surface area contributed by atoms with E-state index >= 15 is 0 Å². The summed E-state index contributed by atoms with van der Waals surface area (Å²) in [5.41, 5.74) is 0.474. The smallest absolute Gasteiger partial charge is 0.270 e. The van der Waals surface area contributed by atoms with Gasteiger partial charge >= 0.3 is 0 Å². The molecule has 3 rings (SSSR count). The van der Waals surface area contributed by atoms with Gasteiger partial charge in [0.2, 0.25) is 0 Å². The molecule has 10 heteroatoms. The number of nitrogens with zero attached hydrogens (tertiary/aromatic N) is 2. The zero-order valence-electron chi connectivity index (χ0n) is 16.4. The molecule has 1 aromatic heterocycles. The van der Waals surface area contributed by atoms with Gasteiger partial charge in [-0.2, -0.15) is 0 Å². The molecule has 1 aliphatic heterocycles. The van der Waals surface area contributed by atoms with E-state index < -0.39 is 21.3 Å². The monoisotopic (exact) mass is 451 g/mol. The van der Waals surface area contributed by atoms with Gasteiger partial charge in [0.25, 0.3) is 17.4 Å². The minimum absolute atomic E-state index is 0.00366. The lowest BCUT2D eigenvalue weighted by molar-refractivity contribution is 0.0699. The molecule has 0 unspecified atom stereocenters. The molecule has 1 aliphatic rings. The summed E-state index contributed by atoms with van der Waals surface area (Å²) in [6.45, 7) is 1.07. The van der Waals surface area contributed by atoms with E-state index in [0.29, 0.717) is 18.0 Å². The van der Waals surface area contributed by atoms with Crippen LogP contribution in [0.1, 0.15) is 32.8 Å². The first-order valence-electron chi connectivity index (χ1n) is 9.39. The van der Waals surface area contributed by atoms with Crippen molar-refractivity contribution in [2.45, 2.75) is 19.5 Å². The quantitative estimate of drug-likeness (QED) is 0.683. The Balaban J connectivity index is 1.69. The van der Waals surface area contributed by atoms with Gasteiger partial charge in [0.05, 0.1) is 5.75 Å². The van der Waals surface area contributed by atoms with Crippen LogP contribution in [0.4, 0.5) is 0 Å². The van der Waals surface area contributed by atoms with Crippen LogP contribution in [-0.4, -0.2) is 54.8 Å². The van der Waals surface area contributed by atoms with E-state index in [1.54, 1.807) is 24.3 Å². The van der Waals surface area contributed by atoms with Crippen LogP contribution in [0.15, 0.2) is 41.2 Å². The first kappa shape index (κ1) is 22.0. The van der Waals surface area contributed by atoms with Gasteiger partial charge < -0.3 is 14.8 Å². The minimum Gasteiger partial charge on any atom is -0.348 e. The number of amides is 2. The van der Waals surface area contributed by atoms with Crippen LogP contribution in [0.5, 0.6) is 0 Å². The standard InChI is InChI=1S/C20H22ClN3O5S/c1-30(28,29)12-2-9-23-10-11-24-17(20(23)27)8-7-16(19(24)26)18(25)22-13-14-3-5-15(21)6-4-14/h3-8H,2,9-13H2,1H3,(H,22,25). The second-order valence-corrected chi connectivity index (χ2v) is 9.87. The second-order valence-electron chi connectivity index (χ2n) is 7.17. The van der Waals surface area contributed by atoms with Crippen LogP contribution < -0.4 is 10.9 Å². The van der Waals surface area contributed by atoms with E-state index in [2.05, 4.69) is 5.32 Å². The highest BCUT2D eigenvalue weighted by Gasteiger charge is 2.27. The number of hydrogen-bond donors (Lipinski definition) is 1. The van der Waals surface area contributed by atoms with Gasteiger partial charge in [-0.1, -0.05) is 23.7 Å². The zero-order chi connectivity index (χ0) is 21.9. The molecule has 0 aliphatic carbocycles. The maximum Gasteiger partial charge on any atom is 0.270 e. The van der Waals surface area contributed by atoms with Gasteiger partial charge in [0, 0.05) is 37.5 Å². The second kappa shape index (κ2) is 9.01. The molecule has 2 aromatic rings. The lowest BCUT2D eigenvalue weighted by Crippen LogP contribution is -2.46. The Hall–Kier alpha value is -2.65. The Morgan fingerprint density at radius 2 is 1.80 bits per heavy atom. The Kier molecular flexibility index (Phi) is 6.62. The predicted octanol–water partition coefficient (Wildman–Crippen LogP) is 1.32. The number of benzene rings is 1. The van der Waals surface area contributed by atoms with Gasteiger partial charge in [-0.05, 0) is 36.2 Å². The van der Waals surface area contributed by atoms with E-state index in [9.17, 15) is 22.8 Å². The molecule has 0 fully saturated rings. The van der Waals surface area contributed by atoms with Crippen molar-refractivity contribution < 1.29 is 18.0 Å². The zero-order valence-corrected chi connectivity index (χ0v) is 18.0. The SMILES string of the molecule is CS(=O)(=O)CCCN1CCn2c(ccc(C(=O)NCc3ccc(Cl)cc3)c2=O)C1=O. The van der Waals surface area contributed by atoms with Gasteiger partial charge in [-0.15, -0.1) is 0 Å². The lowest BCUT2D eigenvalue weighted by Gasteiger charge is -2.29. The Bertz CT molecular complexity index is 1130. The van der Waals surface area contributed by atoms with E-state index in [-0.39, 0.29) is 42.6 Å². The molecule has 0 radical (unpaired) electrons. The van der Waals surface area contributed by atoms with E-state index in [0.717, 1.165) is 11.8 Å². The average Bonchev–Trinajstić information content (AvgIpc) is 2.68. The van der Waals surface area contributed by atoms with E-state index in [4.69, 9.17) is 11.6 Å². The third-order valence-corrected chi connectivity index (χ3v) is 6.11. The van der Waals surface area contributed by atoms with Crippen molar-refractivity contribution in [1.82, 2.24) is 14.8 Å². The maximum atomic E-state index is 12.7. The van der Waals surface area contributed by atoms with Crippen LogP contribution >= 0.6 is 11.6 Å². The molecular formula is C20H22ClN3O5S. The summed E-state index contributed by atoms with van der Waals surface area (Å²) in [5.74, 6) is -0.871. The molecule has 0 bridgehead atoms. The van der Waals surface area contributed by atoms with Crippen LogP contribution in [0.25, 0.3) is 0 Å². The molecule has 2 heterocycles. The summed E-state index contributed by atoms with van der Waals surface area (Å²) in [6.07, 6.45) is 1.49. The topological polar surface area (TPSA) is 106 Å². The number of nitrogens with one attached hydrogen (secondary N) is 1. The van der Waals surface area contributed by atoms with Crippen molar-refractivity contribution in [1.29, 1.82) is 0 Å². The number of sulfone groups is 1. The summed E-state index contributed by atoms with van der Waals surface area (Å²) < 4.78 is 23.8. The summed E-state index contributed by atoms with van der Waals surface area (Å²) >= 11 is 5.84. The third kappa shape index (κ3) is 5.28. The van der Waals surface area contributed by atoms with Crippen LogP contribution in [0, 0.1) is 0 Å². The molecule has 0 saturated carbocycles. The van der Waals surface area contributed by atoms with Crippen LogP contribution in [0.2, 0.25) is 5.02 Å². The normalized spacial score (nSPS) is 13.8. The number of carbonyl (C=O) groups is 2. The first-order valence-corrected chi connectivity index (χ1v) is 11.8. The number of hydrogen-bond acceptors (Lipinski definition) is 5. The number of carbonyl (C=O) groups excluding carboxylic acids is 2. The Labute approximate surface area is 179 Å². The summed E-state index contributed by atoms with van der Waals surface area (Å²) in [4.78, 5) is 39.4. The summed E-state index contributed by atoms with van der Waals surface area (Å²) in [5, 5.41) is 3.29. The Morgan fingerprint density at radius 1 is 1.10 bits per heavy atom. The van der Waals surface area contributed by atoms with Crippen LogP contribution in [-0.2, 0) is 22.9 Å². The van der Waals surface area contributed by atoms with Crippen molar-refractivity contribution in [3.63, 3.8) is 0 Å². The highest BCUT2D eigenvalue weighted by Crippen LogP contribution is 2.13. The van der Waals surface area contributed by atoms with Gasteiger partial charge in [-0.25, -0.2) is 8.42 Å². The summed E-state index contributed by atoms with van der Waals surface area (Å²) in [7, 11) is -3.10. The highest BCUT2D eigenvalue weighted by molar-refractivity contribution is 7.90. The average molecular weight is 452 g/mol. The fourth-order valence-electron chi connectivity index (χ4n) is 3.25.